The first-order valence-corrected chi connectivity index (χ1v) is 5.24. The SMILES string of the molecule is O[C@H](c1ccccc1)c1ccc(F)c(Cl)c1. The molecule has 0 heterocycles. The second-order valence-electron chi connectivity index (χ2n) is 3.49. The molecule has 2 rings (SSSR count). The van der Waals surface area contributed by atoms with Crippen LogP contribution in [0.1, 0.15) is 17.2 Å². The van der Waals surface area contributed by atoms with E-state index >= 15 is 0 Å². The second-order valence-corrected chi connectivity index (χ2v) is 3.89. The molecule has 0 aliphatic rings. The van der Waals surface area contributed by atoms with Crippen LogP contribution in [0.2, 0.25) is 5.02 Å². The summed E-state index contributed by atoms with van der Waals surface area (Å²) in [5.74, 6) is -0.481. The molecule has 1 N–H and O–H groups in total. The molecule has 0 aromatic heterocycles. The maximum Gasteiger partial charge on any atom is 0.141 e. The molecule has 0 unspecified atom stereocenters. The lowest BCUT2D eigenvalue weighted by atomic mass is 10.0. The van der Waals surface area contributed by atoms with Crippen LogP contribution in [0.25, 0.3) is 0 Å². The van der Waals surface area contributed by atoms with Crippen LogP contribution in [0.15, 0.2) is 48.5 Å². The van der Waals surface area contributed by atoms with Gasteiger partial charge in [0.05, 0.1) is 5.02 Å². The summed E-state index contributed by atoms with van der Waals surface area (Å²) in [4.78, 5) is 0. The van der Waals surface area contributed by atoms with E-state index in [1.165, 1.54) is 18.2 Å². The van der Waals surface area contributed by atoms with Gasteiger partial charge in [0.25, 0.3) is 0 Å². The molecule has 0 spiro atoms. The standard InChI is InChI=1S/C13H10ClFO/c14-11-8-10(6-7-12(11)15)13(16)9-4-2-1-3-5-9/h1-8,13,16H/t13-/m1/s1. The van der Waals surface area contributed by atoms with Gasteiger partial charge in [-0.1, -0.05) is 48.0 Å². The minimum absolute atomic E-state index is 0.0208. The van der Waals surface area contributed by atoms with E-state index in [2.05, 4.69) is 0 Å². The van der Waals surface area contributed by atoms with Crippen molar-refractivity contribution >= 4 is 11.6 Å². The number of halogens is 2. The first kappa shape index (κ1) is 11.1. The number of aliphatic hydroxyl groups excluding tert-OH is 1. The van der Waals surface area contributed by atoms with Crippen LogP contribution in [-0.4, -0.2) is 5.11 Å². The van der Waals surface area contributed by atoms with Crippen molar-refractivity contribution in [1.82, 2.24) is 0 Å². The van der Waals surface area contributed by atoms with Gasteiger partial charge in [0.15, 0.2) is 0 Å². The van der Waals surface area contributed by atoms with Crippen LogP contribution in [0.5, 0.6) is 0 Å². The van der Waals surface area contributed by atoms with Crippen LogP contribution in [0.4, 0.5) is 4.39 Å². The van der Waals surface area contributed by atoms with E-state index in [1.54, 1.807) is 0 Å². The second kappa shape index (κ2) is 4.64. The largest absolute Gasteiger partial charge is 0.384 e. The smallest absolute Gasteiger partial charge is 0.141 e. The van der Waals surface area contributed by atoms with Crippen LogP contribution >= 0.6 is 11.6 Å². The lowest BCUT2D eigenvalue weighted by Gasteiger charge is -2.11. The highest BCUT2D eigenvalue weighted by Crippen LogP contribution is 2.25. The summed E-state index contributed by atoms with van der Waals surface area (Å²) >= 11 is 5.66. The van der Waals surface area contributed by atoms with Crippen molar-refractivity contribution in [3.05, 3.63) is 70.5 Å². The molecule has 0 saturated carbocycles. The first-order valence-electron chi connectivity index (χ1n) is 4.86. The van der Waals surface area contributed by atoms with Gasteiger partial charge in [0, 0.05) is 0 Å². The van der Waals surface area contributed by atoms with E-state index < -0.39 is 11.9 Å². The van der Waals surface area contributed by atoms with Crippen LogP contribution in [0.3, 0.4) is 0 Å². The zero-order valence-corrected chi connectivity index (χ0v) is 9.16. The van der Waals surface area contributed by atoms with Gasteiger partial charge in [0.1, 0.15) is 11.9 Å². The number of aliphatic hydroxyl groups is 1. The van der Waals surface area contributed by atoms with Crippen LogP contribution in [-0.2, 0) is 0 Å². The Labute approximate surface area is 98.1 Å². The molecule has 0 aliphatic heterocycles. The molecule has 2 aromatic carbocycles. The normalized spacial score (nSPS) is 12.4. The Morgan fingerprint density at radius 1 is 1.00 bits per heavy atom. The Balaban J connectivity index is 2.34. The van der Waals surface area contributed by atoms with Gasteiger partial charge in [-0.2, -0.15) is 0 Å². The summed E-state index contributed by atoms with van der Waals surface area (Å²) in [6.45, 7) is 0. The molecular weight excluding hydrogens is 227 g/mol. The van der Waals surface area contributed by atoms with Crippen LogP contribution in [0, 0.1) is 5.82 Å². The minimum Gasteiger partial charge on any atom is -0.384 e. The summed E-state index contributed by atoms with van der Waals surface area (Å²) in [6, 6.07) is 13.4. The molecule has 82 valence electrons. The third-order valence-electron chi connectivity index (χ3n) is 2.37. The molecular formula is C13H10ClFO. The highest BCUT2D eigenvalue weighted by Gasteiger charge is 2.11. The predicted octanol–water partition coefficient (Wildman–Crippen LogP) is 3.56. The predicted molar refractivity (Wildman–Crippen MR) is 61.9 cm³/mol. The topological polar surface area (TPSA) is 20.2 Å². The van der Waals surface area contributed by atoms with Gasteiger partial charge in [0.2, 0.25) is 0 Å². The van der Waals surface area contributed by atoms with Gasteiger partial charge in [-0.3, -0.25) is 0 Å². The van der Waals surface area contributed by atoms with Gasteiger partial charge in [-0.25, -0.2) is 4.39 Å². The molecule has 1 atom stereocenters. The number of rotatable bonds is 2. The Hall–Kier alpha value is -1.38. The maximum absolute atomic E-state index is 13.0. The average molecular weight is 237 g/mol. The van der Waals surface area contributed by atoms with Crippen molar-refractivity contribution < 1.29 is 9.50 Å². The van der Waals surface area contributed by atoms with E-state index in [1.807, 2.05) is 30.3 Å². The zero-order chi connectivity index (χ0) is 11.5. The number of hydrogen-bond acceptors (Lipinski definition) is 1. The van der Waals surface area contributed by atoms with Gasteiger partial charge in [-0.15, -0.1) is 0 Å². The Kier molecular flexibility index (Phi) is 3.22. The average Bonchev–Trinajstić information content (AvgIpc) is 2.33. The maximum atomic E-state index is 13.0. The highest BCUT2D eigenvalue weighted by atomic mass is 35.5. The fraction of sp³-hybridized carbons (Fsp3) is 0.0769. The van der Waals surface area contributed by atoms with Gasteiger partial charge in [-0.05, 0) is 23.3 Å². The van der Waals surface area contributed by atoms with E-state index in [0.29, 0.717) is 5.56 Å². The highest BCUT2D eigenvalue weighted by molar-refractivity contribution is 6.30. The van der Waals surface area contributed by atoms with Crippen molar-refractivity contribution in [2.24, 2.45) is 0 Å². The lowest BCUT2D eigenvalue weighted by molar-refractivity contribution is 0.220. The lowest BCUT2D eigenvalue weighted by Crippen LogP contribution is -1.99. The first-order chi connectivity index (χ1) is 7.68. The Bertz CT molecular complexity index is 485. The summed E-state index contributed by atoms with van der Waals surface area (Å²) in [5.41, 5.74) is 1.34. The molecule has 0 radical (unpaired) electrons. The van der Waals surface area contributed by atoms with Crippen molar-refractivity contribution in [1.29, 1.82) is 0 Å². The molecule has 0 aliphatic carbocycles. The number of hydrogen-bond donors (Lipinski definition) is 1. The minimum atomic E-state index is -0.778. The zero-order valence-electron chi connectivity index (χ0n) is 8.40. The summed E-state index contributed by atoms with van der Waals surface area (Å²) in [6.07, 6.45) is -0.778. The molecule has 3 heteroatoms. The van der Waals surface area contributed by atoms with E-state index in [4.69, 9.17) is 11.6 Å². The Morgan fingerprint density at radius 3 is 2.31 bits per heavy atom. The summed E-state index contributed by atoms with van der Waals surface area (Å²) < 4.78 is 13.0. The van der Waals surface area contributed by atoms with Crippen molar-refractivity contribution in [2.75, 3.05) is 0 Å². The molecule has 16 heavy (non-hydrogen) atoms. The molecule has 0 bridgehead atoms. The third-order valence-corrected chi connectivity index (χ3v) is 2.66. The fourth-order valence-corrected chi connectivity index (χ4v) is 1.70. The fourth-order valence-electron chi connectivity index (χ4n) is 1.51. The molecule has 0 saturated heterocycles. The Morgan fingerprint density at radius 2 is 1.69 bits per heavy atom. The third kappa shape index (κ3) is 2.23. The summed E-state index contributed by atoms with van der Waals surface area (Å²) in [5, 5.41) is 10.0. The summed E-state index contributed by atoms with van der Waals surface area (Å²) in [7, 11) is 0. The molecule has 0 amide bonds. The van der Waals surface area contributed by atoms with Gasteiger partial charge >= 0.3 is 0 Å². The van der Waals surface area contributed by atoms with Crippen molar-refractivity contribution in [3.63, 3.8) is 0 Å². The molecule has 2 aromatic rings. The van der Waals surface area contributed by atoms with Gasteiger partial charge < -0.3 is 5.11 Å². The molecule has 1 nitrogen and oxygen atoms in total. The monoisotopic (exact) mass is 236 g/mol. The van der Waals surface area contributed by atoms with Crippen molar-refractivity contribution in [2.45, 2.75) is 6.10 Å². The van der Waals surface area contributed by atoms with E-state index in [0.717, 1.165) is 5.56 Å². The van der Waals surface area contributed by atoms with E-state index in [9.17, 15) is 9.50 Å². The van der Waals surface area contributed by atoms with Crippen molar-refractivity contribution in [3.8, 4) is 0 Å². The van der Waals surface area contributed by atoms with Crippen LogP contribution < -0.4 is 0 Å². The van der Waals surface area contributed by atoms with E-state index in [-0.39, 0.29) is 5.02 Å². The molecule has 0 fully saturated rings. The quantitative estimate of drug-likeness (QED) is 0.845. The number of benzene rings is 2.